The molecule has 2 nitrogen and oxygen atoms in total. The molecule has 24 heavy (non-hydrogen) atoms. The molecule has 4 aromatic rings. The predicted octanol–water partition coefficient (Wildman–Crippen LogP) is 3.12. The first-order valence-electron chi connectivity index (χ1n) is 7.67. The molecule has 0 unspecified atom stereocenters. The van der Waals surface area contributed by atoms with Crippen LogP contribution in [-0.2, 0) is 0 Å². The van der Waals surface area contributed by atoms with E-state index in [9.17, 15) is 4.79 Å². The SMILES string of the molecule is O=c1oc(-c2ccccc2)c([Se]c2ccccc2)c2ccccc12. The van der Waals surface area contributed by atoms with Crippen LogP contribution in [0.2, 0.25) is 0 Å². The summed E-state index contributed by atoms with van der Waals surface area (Å²) >= 11 is 0.0449. The van der Waals surface area contributed by atoms with E-state index in [0.29, 0.717) is 11.1 Å². The van der Waals surface area contributed by atoms with E-state index >= 15 is 0 Å². The number of fused-ring (bicyclic) bond motifs is 1. The van der Waals surface area contributed by atoms with Gasteiger partial charge in [-0.1, -0.05) is 0 Å². The van der Waals surface area contributed by atoms with Crippen LogP contribution >= 0.6 is 0 Å². The van der Waals surface area contributed by atoms with Crippen molar-refractivity contribution in [3.8, 4) is 11.3 Å². The van der Waals surface area contributed by atoms with Crippen LogP contribution in [0, 0.1) is 0 Å². The van der Waals surface area contributed by atoms with Gasteiger partial charge in [0.1, 0.15) is 0 Å². The Balaban J connectivity index is 2.00. The summed E-state index contributed by atoms with van der Waals surface area (Å²) in [6.07, 6.45) is 0. The van der Waals surface area contributed by atoms with Gasteiger partial charge in [-0.15, -0.1) is 0 Å². The minimum atomic E-state index is -0.280. The van der Waals surface area contributed by atoms with Crippen molar-refractivity contribution in [3.05, 3.63) is 95.3 Å². The van der Waals surface area contributed by atoms with Crippen LogP contribution in [0.1, 0.15) is 0 Å². The molecule has 0 bridgehead atoms. The van der Waals surface area contributed by atoms with E-state index in [1.807, 2.05) is 72.8 Å². The Labute approximate surface area is 145 Å². The van der Waals surface area contributed by atoms with Crippen LogP contribution < -0.4 is 14.5 Å². The Hall–Kier alpha value is -2.61. The van der Waals surface area contributed by atoms with E-state index in [1.165, 1.54) is 4.46 Å². The maximum atomic E-state index is 12.4. The molecule has 0 saturated carbocycles. The van der Waals surface area contributed by atoms with Crippen LogP contribution in [0.3, 0.4) is 0 Å². The first-order valence-corrected chi connectivity index (χ1v) is 9.38. The van der Waals surface area contributed by atoms with Gasteiger partial charge in [0.25, 0.3) is 0 Å². The van der Waals surface area contributed by atoms with Gasteiger partial charge < -0.3 is 0 Å². The van der Waals surface area contributed by atoms with Crippen molar-refractivity contribution in [1.29, 1.82) is 0 Å². The molecule has 116 valence electrons. The van der Waals surface area contributed by atoms with Crippen molar-refractivity contribution in [3.63, 3.8) is 0 Å². The Bertz CT molecular complexity index is 1040. The standard InChI is InChI=1S/C21H14O2Se/c22-21-18-14-8-7-13-17(18)20(24-16-11-5-2-6-12-16)19(23-21)15-9-3-1-4-10-15/h1-14H. The van der Waals surface area contributed by atoms with Gasteiger partial charge in [0.2, 0.25) is 0 Å². The fourth-order valence-corrected chi connectivity index (χ4v) is 4.91. The van der Waals surface area contributed by atoms with Crippen LogP contribution in [0.5, 0.6) is 0 Å². The number of hydrogen-bond donors (Lipinski definition) is 0. The van der Waals surface area contributed by atoms with Crippen molar-refractivity contribution >= 4 is 34.7 Å². The predicted molar refractivity (Wildman–Crippen MR) is 99.4 cm³/mol. The molecule has 0 saturated heterocycles. The molecule has 0 amide bonds. The zero-order valence-electron chi connectivity index (χ0n) is 12.8. The van der Waals surface area contributed by atoms with E-state index < -0.39 is 0 Å². The van der Waals surface area contributed by atoms with Gasteiger partial charge in [-0.2, -0.15) is 0 Å². The van der Waals surface area contributed by atoms with E-state index in [2.05, 4.69) is 12.1 Å². The topological polar surface area (TPSA) is 30.2 Å². The Morgan fingerprint density at radius 1 is 0.667 bits per heavy atom. The van der Waals surface area contributed by atoms with Gasteiger partial charge in [-0.25, -0.2) is 0 Å². The van der Waals surface area contributed by atoms with E-state index in [4.69, 9.17) is 4.42 Å². The van der Waals surface area contributed by atoms with Gasteiger partial charge in [0.05, 0.1) is 0 Å². The van der Waals surface area contributed by atoms with Gasteiger partial charge in [-0.3, -0.25) is 0 Å². The number of benzene rings is 3. The van der Waals surface area contributed by atoms with E-state index in [0.717, 1.165) is 15.4 Å². The Morgan fingerprint density at radius 3 is 1.96 bits per heavy atom. The van der Waals surface area contributed by atoms with Gasteiger partial charge in [0.15, 0.2) is 0 Å². The third-order valence-electron chi connectivity index (χ3n) is 3.79. The summed E-state index contributed by atoms with van der Waals surface area (Å²) in [4.78, 5) is 12.4. The molecule has 1 aromatic heterocycles. The zero-order chi connectivity index (χ0) is 16.4. The summed E-state index contributed by atoms with van der Waals surface area (Å²) in [5.41, 5.74) is 0.658. The fourth-order valence-electron chi connectivity index (χ4n) is 2.66. The van der Waals surface area contributed by atoms with Crippen molar-refractivity contribution in [1.82, 2.24) is 0 Å². The molecule has 0 fully saturated rings. The number of rotatable bonds is 3. The summed E-state index contributed by atoms with van der Waals surface area (Å²) in [6, 6.07) is 27.9. The molecule has 0 radical (unpaired) electrons. The fraction of sp³-hybridized carbons (Fsp3) is 0. The molecule has 3 aromatic carbocycles. The van der Waals surface area contributed by atoms with Gasteiger partial charge in [-0.05, 0) is 0 Å². The molecular weight excluding hydrogens is 363 g/mol. The monoisotopic (exact) mass is 378 g/mol. The van der Waals surface area contributed by atoms with Crippen molar-refractivity contribution < 1.29 is 4.42 Å². The summed E-state index contributed by atoms with van der Waals surface area (Å²) in [7, 11) is 0. The molecule has 0 N–H and O–H groups in total. The summed E-state index contributed by atoms with van der Waals surface area (Å²) < 4.78 is 8.10. The van der Waals surface area contributed by atoms with Crippen molar-refractivity contribution in [2.75, 3.05) is 0 Å². The van der Waals surface area contributed by atoms with Crippen LogP contribution in [-0.4, -0.2) is 15.0 Å². The maximum absolute atomic E-state index is 12.4. The average Bonchev–Trinajstić information content (AvgIpc) is 2.65. The molecule has 0 spiro atoms. The quantitative estimate of drug-likeness (QED) is 0.514. The second-order valence-electron chi connectivity index (χ2n) is 5.37. The summed E-state index contributed by atoms with van der Waals surface area (Å²) in [5, 5.41) is 1.63. The van der Waals surface area contributed by atoms with Crippen LogP contribution in [0.15, 0.2) is 94.1 Å². The Kier molecular flexibility index (Phi) is 4.04. The molecule has 0 aliphatic carbocycles. The van der Waals surface area contributed by atoms with Crippen molar-refractivity contribution in [2.24, 2.45) is 0 Å². The normalized spacial score (nSPS) is 10.8. The first kappa shape index (κ1) is 14.9. The molecule has 0 aliphatic heterocycles. The summed E-state index contributed by atoms with van der Waals surface area (Å²) in [6.45, 7) is 0. The zero-order valence-corrected chi connectivity index (χ0v) is 14.5. The molecule has 1 heterocycles. The summed E-state index contributed by atoms with van der Waals surface area (Å²) in [5.74, 6) is 0.683. The van der Waals surface area contributed by atoms with E-state index in [-0.39, 0.29) is 20.6 Å². The van der Waals surface area contributed by atoms with Gasteiger partial charge >= 0.3 is 146 Å². The minimum absolute atomic E-state index is 0.0449. The average molecular weight is 377 g/mol. The molecular formula is C21H14O2Se. The second kappa shape index (κ2) is 6.48. The van der Waals surface area contributed by atoms with Crippen molar-refractivity contribution in [2.45, 2.75) is 0 Å². The Morgan fingerprint density at radius 2 is 1.25 bits per heavy atom. The van der Waals surface area contributed by atoms with Crippen LogP contribution in [0.25, 0.3) is 22.1 Å². The van der Waals surface area contributed by atoms with E-state index in [1.54, 1.807) is 0 Å². The molecule has 0 aliphatic rings. The third-order valence-corrected chi connectivity index (χ3v) is 6.14. The molecule has 3 heteroatoms. The first-order chi connectivity index (χ1) is 11.8. The number of hydrogen-bond acceptors (Lipinski definition) is 2. The van der Waals surface area contributed by atoms with Crippen LogP contribution in [0.4, 0.5) is 0 Å². The third kappa shape index (κ3) is 2.80. The van der Waals surface area contributed by atoms with Gasteiger partial charge in [0, 0.05) is 0 Å². The second-order valence-corrected chi connectivity index (χ2v) is 7.65. The molecule has 4 rings (SSSR count). The molecule has 0 atom stereocenters.